The summed E-state index contributed by atoms with van der Waals surface area (Å²) in [6, 6.07) is 10.3. The SMILES string of the molecule is NS(=O)(=O)CC1(COCCCc2ccccc2)CCCC1. The van der Waals surface area contributed by atoms with Crippen molar-refractivity contribution in [3.63, 3.8) is 0 Å². The van der Waals surface area contributed by atoms with Gasteiger partial charge in [-0.05, 0) is 31.2 Å². The van der Waals surface area contributed by atoms with Gasteiger partial charge in [0.15, 0.2) is 0 Å². The van der Waals surface area contributed by atoms with E-state index in [1.807, 2.05) is 18.2 Å². The standard InChI is InChI=1S/C16H25NO3S/c17-21(18,19)14-16(10-4-5-11-16)13-20-12-6-9-15-7-2-1-3-8-15/h1-3,7-8H,4-6,9-14H2,(H2,17,18,19). The van der Waals surface area contributed by atoms with Crippen LogP contribution in [0.4, 0.5) is 0 Å². The molecule has 21 heavy (non-hydrogen) atoms. The average molecular weight is 311 g/mol. The lowest BCUT2D eigenvalue weighted by Crippen LogP contribution is -2.35. The van der Waals surface area contributed by atoms with Crippen molar-refractivity contribution in [2.24, 2.45) is 10.6 Å². The van der Waals surface area contributed by atoms with E-state index in [-0.39, 0.29) is 11.2 Å². The van der Waals surface area contributed by atoms with Gasteiger partial charge in [0.2, 0.25) is 10.0 Å². The zero-order chi connectivity index (χ0) is 15.2. The fourth-order valence-corrected chi connectivity index (χ4v) is 4.42. The molecular formula is C16H25NO3S. The van der Waals surface area contributed by atoms with Crippen LogP contribution >= 0.6 is 0 Å². The third-order valence-electron chi connectivity index (χ3n) is 4.18. The lowest BCUT2D eigenvalue weighted by molar-refractivity contribution is 0.0567. The summed E-state index contributed by atoms with van der Waals surface area (Å²) in [5.74, 6) is 0.0543. The van der Waals surface area contributed by atoms with Gasteiger partial charge in [0.1, 0.15) is 0 Å². The van der Waals surface area contributed by atoms with Crippen molar-refractivity contribution in [3.05, 3.63) is 35.9 Å². The normalized spacial score (nSPS) is 18.0. The Bertz CT molecular complexity index is 522. The highest BCUT2D eigenvalue weighted by atomic mass is 32.2. The van der Waals surface area contributed by atoms with E-state index < -0.39 is 10.0 Å². The van der Waals surface area contributed by atoms with Crippen LogP contribution in [-0.2, 0) is 21.2 Å². The van der Waals surface area contributed by atoms with Crippen LogP contribution in [0.2, 0.25) is 0 Å². The largest absolute Gasteiger partial charge is 0.381 e. The average Bonchev–Trinajstić information content (AvgIpc) is 2.86. The second-order valence-electron chi connectivity index (χ2n) is 6.16. The molecule has 4 nitrogen and oxygen atoms in total. The molecule has 0 amide bonds. The third-order valence-corrected chi connectivity index (χ3v) is 5.19. The predicted octanol–water partition coefficient (Wildman–Crippen LogP) is 2.48. The van der Waals surface area contributed by atoms with Crippen molar-refractivity contribution in [1.29, 1.82) is 0 Å². The van der Waals surface area contributed by atoms with Crippen molar-refractivity contribution in [2.45, 2.75) is 38.5 Å². The molecule has 118 valence electrons. The second kappa shape index (κ2) is 7.38. The van der Waals surface area contributed by atoms with Gasteiger partial charge in [-0.1, -0.05) is 43.2 Å². The number of sulfonamides is 1. The fourth-order valence-electron chi connectivity index (χ4n) is 3.19. The maximum Gasteiger partial charge on any atom is 0.209 e. The number of ether oxygens (including phenoxy) is 1. The van der Waals surface area contributed by atoms with Crippen LogP contribution in [0.1, 0.15) is 37.7 Å². The van der Waals surface area contributed by atoms with Crippen LogP contribution in [0.25, 0.3) is 0 Å². The molecule has 2 N–H and O–H groups in total. The molecule has 1 aromatic rings. The first kappa shape index (κ1) is 16.5. The molecule has 0 aromatic heterocycles. The molecule has 0 heterocycles. The van der Waals surface area contributed by atoms with Gasteiger partial charge in [-0.3, -0.25) is 0 Å². The summed E-state index contributed by atoms with van der Waals surface area (Å²) in [5.41, 5.74) is 1.06. The lowest BCUT2D eigenvalue weighted by atomic mass is 9.90. The Kier molecular flexibility index (Phi) is 5.79. The quantitative estimate of drug-likeness (QED) is 0.750. The van der Waals surface area contributed by atoms with E-state index in [1.165, 1.54) is 5.56 Å². The van der Waals surface area contributed by atoms with E-state index >= 15 is 0 Å². The van der Waals surface area contributed by atoms with Crippen molar-refractivity contribution in [1.82, 2.24) is 0 Å². The number of benzene rings is 1. The summed E-state index contributed by atoms with van der Waals surface area (Å²) in [5, 5.41) is 5.22. The number of aryl methyl sites for hydroxylation is 1. The van der Waals surface area contributed by atoms with Gasteiger partial charge in [0, 0.05) is 12.0 Å². The zero-order valence-corrected chi connectivity index (χ0v) is 13.3. The van der Waals surface area contributed by atoms with Crippen LogP contribution in [0.5, 0.6) is 0 Å². The van der Waals surface area contributed by atoms with E-state index in [4.69, 9.17) is 9.88 Å². The van der Waals surface area contributed by atoms with Crippen molar-refractivity contribution < 1.29 is 13.2 Å². The Balaban J connectivity index is 1.73. The van der Waals surface area contributed by atoms with E-state index in [1.54, 1.807) is 0 Å². The predicted molar refractivity (Wildman–Crippen MR) is 84.5 cm³/mol. The maximum atomic E-state index is 11.4. The molecule has 1 saturated carbocycles. The highest BCUT2D eigenvalue weighted by Crippen LogP contribution is 2.39. The van der Waals surface area contributed by atoms with Gasteiger partial charge in [0.05, 0.1) is 12.4 Å². The summed E-state index contributed by atoms with van der Waals surface area (Å²) in [7, 11) is -3.43. The molecule has 1 fully saturated rings. The minimum atomic E-state index is -3.43. The summed E-state index contributed by atoms with van der Waals surface area (Å²) in [4.78, 5) is 0. The van der Waals surface area contributed by atoms with Crippen LogP contribution in [-0.4, -0.2) is 27.4 Å². The topological polar surface area (TPSA) is 69.4 Å². The molecular weight excluding hydrogens is 286 g/mol. The second-order valence-corrected chi connectivity index (χ2v) is 7.77. The van der Waals surface area contributed by atoms with Gasteiger partial charge in [-0.25, -0.2) is 13.6 Å². The Morgan fingerprint density at radius 1 is 1.14 bits per heavy atom. The van der Waals surface area contributed by atoms with Gasteiger partial charge in [0.25, 0.3) is 0 Å². The summed E-state index contributed by atoms with van der Waals surface area (Å²) in [6.07, 6.45) is 5.90. The lowest BCUT2D eigenvalue weighted by Gasteiger charge is -2.27. The van der Waals surface area contributed by atoms with E-state index in [2.05, 4.69) is 12.1 Å². The summed E-state index contributed by atoms with van der Waals surface area (Å²) >= 11 is 0. The first-order chi connectivity index (χ1) is 9.99. The van der Waals surface area contributed by atoms with Crippen LogP contribution in [0, 0.1) is 5.41 Å². The molecule has 5 heteroatoms. The minimum absolute atomic E-state index is 0.0543. The molecule has 0 aliphatic heterocycles. The Labute approximate surface area is 127 Å². The molecule has 0 radical (unpaired) electrons. The molecule has 1 aromatic carbocycles. The number of hydrogen-bond acceptors (Lipinski definition) is 3. The Hall–Kier alpha value is -0.910. The molecule has 1 aliphatic rings. The highest BCUT2D eigenvalue weighted by molar-refractivity contribution is 7.89. The van der Waals surface area contributed by atoms with Crippen LogP contribution in [0.15, 0.2) is 30.3 Å². The summed E-state index contributed by atoms with van der Waals surface area (Å²) < 4.78 is 28.5. The van der Waals surface area contributed by atoms with Crippen molar-refractivity contribution in [2.75, 3.05) is 19.0 Å². The minimum Gasteiger partial charge on any atom is -0.381 e. The maximum absolute atomic E-state index is 11.4. The van der Waals surface area contributed by atoms with Gasteiger partial charge >= 0.3 is 0 Å². The Morgan fingerprint density at radius 3 is 2.43 bits per heavy atom. The van der Waals surface area contributed by atoms with Gasteiger partial charge in [-0.15, -0.1) is 0 Å². The molecule has 0 atom stereocenters. The molecule has 1 aliphatic carbocycles. The van der Waals surface area contributed by atoms with Crippen LogP contribution < -0.4 is 5.14 Å². The molecule has 2 rings (SSSR count). The van der Waals surface area contributed by atoms with Crippen LogP contribution in [0.3, 0.4) is 0 Å². The third kappa shape index (κ3) is 5.77. The molecule has 0 bridgehead atoms. The fraction of sp³-hybridized carbons (Fsp3) is 0.625. The van der Waals surface area contributed by atoms with E-state index in [0.29, 0.717) is 13.2 Å². The highest BCUT2D eigenvalue weighted by Gasteiger charge is 2.37. The number of nitrogens with two attached hydrogens (primary N) is 1. The number of rotatable bonds is 8. The van der Waals surface area contributed by atoms with Crippen molar-refractivity contribution >= 4 is 10.0 Å². The monoisotopic (exact) mass is 311 g/mol. The number of hydrogen-bond donors (Lipinski definition) is 1. The first-order valence-electron chi connectivity index (χ1n) is 7.61. The van der Waals surface area contributed by atoms with Gasteiger partial charge < -0.3 is 4.74 Å². The summed E-state index contributed by atoms with van der Waals surface area (Å²) in [6.45, 7) is 1.18. The molecule has 0 unspecified atom stereocenters. The van der Waals surface area contributed by atoms with Gasteiger partial charge in [-0.2, -0.15) is 0 Å². The van der Waals surface area contributed by atoms with E-state index in [9.17, 15) is 8.42 Å². The first-order valence-corrected chi connectivity index (χ1v) is 9.33. The van der Waals surface area contributed by atoms with E-state index in [0.717, 1.165) is 38.5 Å². The zero-order valence-electron chi connectivity index (χ0n) is 12.5. The number of primary sulfonamides is 1. The Morgan fingerprint density at radius 2 is 1.81 bits per heavy atom. The molecule has 0 saturated heterocycles. The molecule has 0 spiro atoms. The van der Waals surface area contributed by atoms with Crippen molar-refractivity contribution in [3.8, 4) is 0 Å². The smallest absolute Gasteiger partial charge is 0.209 e.